The number of halogens is 1. The maximum atomic E-state index is 12.3. The Hall–Kier alpha value is -2.58. The summed E-state index contributed by atoms with van der Waals surface area (Å²) in [5, 5.41) is 13.0. The lowest BCUT2D eigenvalue weighted by atomic mass is 10.2. The molecule has 2 aromatic carbocycles. The third kappa shape index (κ3) is 3.83. The fourth-order valence-electron chi connectivity index (χ4n) is 2.81. The van der Waals surface area contributed by atoms with E-state index in [1.54, 1.807) is 0 Å². The van der Waals surface area contributed by atoms with Gasteiger partial charge in [-0.2, -0.15) is 0 Å². The summed E-state index contributed by atoms with van der Waals surface area (Å²) < 4.78 is 8.71. The number of rotatable bonds is 5. The fourth-order valence-corrected chi connectivity index (χ4v) is 3.90. The highest BCUT2D eigenvalue weighted by Crippen LogP contribution is 2.30. The molecule has 142 valence electrons. The predicted octanol–water partition coefficient (Wildman–Crippen LogP) is 5.03. The van der Waals surface area contributed by atoms with Gasteiger partial charge in [0, 0.05) is 22.6 Å². The van der Waals surface area contributed by atoms with E-state index in [0.717, 1.165) is 26.7 Å². The molecule has 1 amide bonds. The van der Waals surface area contributed by atoms with E-state index in [9.17, 15) is 4.79 Å². The van der Waals surface area contributed by atoms with Gasteiger partial charge in [0.05, 0.1) is 5.75 Å². The van der Waals surface area contributed by atoms with Crippen molar-refractivity contribution in [2.45, 2.75) is 12.1 Å². The van der Waals surface area contributed by atoms with Crippen LogP contribution in [-0.2, 0) is 11.8 Å². The molecule has 2 heterocycles. The Morgan fingerprint density at radius 3 is 2.86 bits per heavy atom. The maximum absolute atomic E-state index is 12.3. The molecule has 4 rings (SSSR count). The Balaban J connectivity index is 1.47. The first-order chi connectivity index (χ1) is 13.5. The Morgan fingerprint density at radius 1 is 1.21 bits per heavy atom. The summed E-state index contributed by atoms with van der Waals surface area (Å²) in [6.07, 6.45) is 0. The minimum atomic E-state index is -0.0857. The molecule has 0 saturated carbocycles. The SMILES string of the molecule is Cc1ccccc1NC(=O)CSc1nnc(-c2cc3cc(Br)ccc3o2)n1C. The molecule has 2 aromatic heterocycles. The average molecular weight is 457 g/mol. The monoisotopic (exact) mass is 456 g/mol. The van der Waals surface area contributed by atoms with Gasteiger partial charge in [-0.1, -0.05) is 45.9 Å². The molecule has 0 bridgehead atoms. The zero-order valence-electron chi connectivity index (χ0n) is 15.3. The lowest BCUT2D eigenvalue weighted by Crippen LogP contribution is -2.15. The second-order valence-corrected chi connectivity index (χ2v) is 8.17. The number of hydrogen-bond acceptors (Lipinski definition) is 5. The average Bonchev–Trinajstić information content (AvgIpc) is 3.24. The number of aromatic nitrogens is 3. The second-order valence-electron chi connectivity index (χ2n) is 6.31. The summed E-state index contributed by atoms with van der Waals surface area (Å²) in [5.74, 6) is 1.42. The van der Waals surface area contributed by atoms with Crippen molar-refractivity contribution >= 4 is 50.3 Å². The van der Waals surface area contributed by atoms with Crippen LogP contribution in [0.25, 0.3) is 22.6 Å². The van der Waals surface area contributed by atoms with Crippen LogP contribution in [0.15, 0.2) is 62.6 Å². The Labute approximate surface area is 174 Å². The number of para-hydroxylation sites is 1. The second kappa shape index (κ2) is 7.81. The van der Waals surface area contributed by atoms with E-state index in [0.29, 0.717) is 16.7 Å². The van der Waals surface area contributed by atoms with E-state index in [1.165, 1.54) is 11.8 Å². The van der Waals surface area contributed by atoms with Crippen molar-refractivity contribution in [3.63, 3.8) is 0 Å². The van der Waals surface area contributed by atoms with Gasteiger partial charge in [-0.25, -0.2) is 0 Å². The van der Waals surface area contributed by atoms with Gasteiger partial charge in [-0.15, -0.1) is 10.2 Å². The zero-order chi connectivity index (χ0) is 19.7. The van der Waals surface area contributed by atoms with Crippen molar-refractivity contribution in [2.75, 3.05) is 11.1 Å². The number of nitrogens with one attached hydrogen (secondary N) is 1. The van der Waals surface area contributed by atoms with Crippen molar-refractivity contribution < 1.29 is 9.21 Å². The van der Waals surface area contributed by atoms with Crippen LogP contribution >= 0.6 is 27.7 Å². The number of carbonyl (C=O) groups excluding carboxylic acids is 1. The quantitative estimate of drug-likeness (QED) is 0.426. The number of furan rings is 1. The molecular formula is C20H17BrN4O2S. The van der Waals surface area contributed by atoms with Crippen molar-refractivity contribution in [3.05, 3.63) is 58.6 Å². The number of anilines is 1. The van der Waals surface area contributed by atoms with E-state index in [2.05, 4.69) is 31.4 Å². The molecule has 0 atom stereocenters. The molecule has 0 aliphatic heterocycles. The fraction of sp³-hybridized carbons (Fsp3) is 0.150. The lowest BCUT2D eigenvalue weighted by molar-refractivity contribution is -0.113. The highest BCUT2D eigenvalue weighted by atomic mass is 79.9. The van der Waals surface area contributed by atoms with Crippen molar-refractivity contribution in [3.8, 4) is 11.6 Å². The molecule has 0 radical (unpaired) electrons. The van der Waals surface area contributed by atoms with Crippen LogP contribution in [0.3, 0.4) is 0 Å². The Bertz CT molecular complexity index is 1170. The first kappa shape index (κ1) is 18.8. The first-order valence-corrected chi connectivity index (χ1v) is 10.4. The normalized spacial score (nSPS) is 11.1. The van der Waals surface area contributed by atoms with Crippen LogP contribution in [0.4, 0.5) is 5.69 Å². The van der Waals surface area contributed by atoms with E-state index in [-0.39, 0.29) is 11.7 Å². The number of hydrogen-bond donors (Lipinski definition) is 1. The summed E-state index contributed by atoms with van der Waals surface area (Å²) in [4.78, 5) is 12.3. The number of amides is 1. The van der Waals surface area contributed by atoms with Gasteiger partial charge < -0.3 is 14.3 Å². The molecule has 0 unspecified atom stereocenters. The Morgan fingerprint density at radius 2 is 2.04 bits per heavy atom. The molecule has 0 saturated heterocycles. The molecule has 28 heavy (non-hydrogen) atoms. The van der Waals surface area contributed by atoms with Crippen molar-refractivity contribution in [1.29, 1.82) is 0 Å². The van der Waals surface area contributed by atoms with E-state index in [1.807, 2.05) is 67.1 Å². The van der Waals surface area contributed by atoms with Crippen LogP contribution in [0.1, 0.15) is 5.56 Å². The summed E-state index contributed by atoms with van der Waals surface area (Å²) >= 11 is 4.80. The van der Waals surface area contributed by atoms with Gasteiger partial charge in [0.2, 0.25) is 5.91 Å². The largest absolute Gasteiger partial charge is 0.453 e. The molecule has 6 nitrogen and oxygen atoms in total. The topological polar surface area (TPSA) is 73.0 Å². The molecule has 1 N–H and O–H groups in total. The van der Waals surface area contributed by atoms with Crippen molar-refractivity contribution in [1.82, 2.24) is 14.8 Å². The van der Waals surface area contributed by atoms with Gasteiger partial charge in [0.25, 0.3) is 0 Å². The summed E-state index contributed by atoms with van der Waals surface area (Å²) in [5.41, 5.74) is 2.63. The maximum Gasteiger partial charge on any atom is 0.234 e. The number of fused-ring (bicyclic) bond motifs is 1. The third-order valence-electron chi connectivity index (χ3n) is 4.29. The van der Waals surface area contributed by atoms with Gasteiger partial charge in [0.15, 0.2) is 16.7 Å². The number of aryl methyl sites for hydroxylation is 1. The number of thioether (sulfide) groups is 1. The van der Waals surface area contributed by atoms with Crippen LogP contribution in [0.2, 0.25) is 0 Å². The minimum Gasteiger partial charge on any atom is -0.453 e. The highest BCUT2D eigenvalue weighted by molar-refractivity contribution is 9.10. The van der Waals surface area contributed by atoms with Gasteiger partial charge >= 0.3 is 0 Å². The predicted molar refractivity (Wildman–Crippen MR) is 114 cm³/mol. The van der Waals surface area contributed by atoms with E-state index >= 15 is 0 Å². The summed E-state index contributed by atoms with van der Waals surface area (Å²) in [6, 6.07) is 15.5. The molecule has 0 spiro atoms. The highest BCUT2D eigenvalue weighted by Gasteiger charge is 2.16. The van der Waals surface area contributed by atoms with Gasteiger partial charge in [0.1, 0.15) is 5.58 Å². The van der Waals surface area contributed by atoms with E-state index < -0.39 is 0 Å². The van der Waals surface area contributed by atoms with Crippen LogP contribution in [0, 0.1) is 6.92 Å². The molecule has 8 heteroatoms. The third-order valence-corrected chi connectivity index (χ3v) is 5.80. The molecule has 0 aliphatic carbocycles. The molecular weight excluding hydrogens is 440 g/mol. The molecule has 0 aliphatic rings. The number of nitrogens with zero attached hydrogens (tertiary/aromatic N) is 3. The minimum absolute atomic E-state index is 0.0857. The first-order valence-electron chi connectivity index (χ1n) is 8.58. The number of benzene rings is 2. The molecule has 4 aromatic rings. The lowest BCUT2D eigenvalue weighted by Gasteiger charge is -2.07. The molecule has 0 fully saturated rings. The summed E-state index contributed by atoms with van der Waals surface area (Å²) in [7, 11) is 1.86. The Kier molecular flexibility index (Phi) is 5.23. The van der Waals surface area contributed by atoms with Gasteiger partial charge in [-0.3, -0.25) is 4.79 Å². The van der Waals surface area contributed by atoms with E-state index in [4.69, 9.17) is 4.42 Å². The van der Waals surface area contributed by atoms with Crippen LogP contribution < -0.4 is 5.32 Å². The zero-order valence-corrected chi connectivity index (χ0v) is 17.7. The van der Waals surface area contributed by atoms with Crippen LogP contribution in [0.5, 0.6) is 0 Å². The number of carbonyl (C=O) groups is 1. The smallest absolute Gasteiger partial charge is 0.234 e. The van der Waals surface area contributed by atoms with Gasteiger partial charge in [-0.05, 0) is 42.8 Å². The summed E-state index contributed by atoms with van der Waals surface area (Å²) in [6.45, 7) is 1.96. The standard InChI is InChI=1S/C20H17BrN4O2S/c1-12-5-3-4-6-15(12)22-18(26)11-28-20-24-23-19(25(20)2)17-10-13-9-14(21)7-8-16(13)27-17/h3-10H,11H2,1-2H3,(H,22,26). The van der Waals surface area contributed by atoms with Crippen molar-refractivity contribution in [2.24, 2.45) is 7.05 Å². The van der Waals surface area contributed by atoms with Crippen LogP contribution in [-0.4, -0.2) is 26.4 Å².